The first-order valence-corrected chi connectivity index (χ1v) is 8.07. The number of hydrogen-bond acceptors (Lipinski definition) is 5. The first-order chi connectivity index (χ1) is 13.3. The fourth-order valence-electron chi connectivity index (χ4n) is 2.58. The molecule has 1 aromatic carbocycles. The van der Waals surface area contributed by atoms with Crippen LogP contribution in [0.15, 0.2) is 59.9 Å². The zero-order valence-corrected chi connectivity index (χ0v) is 14.6. The predicted molar refractivity (Wildman–Crippen MR) is 97.1 cm³/mol. The summed E-state index contributed by atoms with van der Waals surface area (Å²) in [4.78, 5) is 12.2. The molecule has 3 rings (SSSR count). The van der Waals surface area contributed by atoms with Crippen molar-refractivity contribution in [1.29, 1.82) is 5.26 Å². The highest BCUT2D eigenvalue weighted by Gasteiger charge is 2.30. The summed E-state index contributed by atoms with van der Waals surface area (Å²) in [6.45, 7) is 1.78. The van der Waals surface area contributed by atoms with Crippen molar-refractivity contribution >= 4 is 11.4 Å². The van der Waals surface area contributed by atoms with Gasteiger partial charge < -0.3 is 5.11 Å². The molecule has 0 atom stereocenters. The van der Waals surface area contributed by atoms with Crippen molar-refractivity contribution in [1.82, 2.24) is 9.97 Å². The number of aromatic nitrogens is 2. The van der Waals surface area contributed by atoms with Crippen molar-refractivity contribution in [2.45, 2.75) is 13.1 Å². The zero-order chi connectivity index (χ0) is 20.3. The number of alkyl halides is 3. The molecular formula is C20H13F3N4O. The average Bonchev–Trinajstić information content (AvgIpc) is 2.66. The molecule has 2 aromatic heterocycles. The lowest BCUT2D eigenvalue weighted by atomic mass is 10.0. The molecule has 140 valence electrons. The SMILES string of the molecule is Cc1cc(-c2nccc(C(C#N)=Nc3cccc(C(F)(F)F)c3)c2O)ccn1. The number of rotatable bonds is 3. The number of pyridine rings is 2. The topological polar surface area (TPSA) is 82.2 Å². The van der Waals surface area contributed by atoms with Crippen molar-refractivity contribution in [3.8, 4) is 23.1 Å². The van der Waals surface area contributed by atoms with Gasteiger partial charge in [0.1, 0.15) is 11.8 Å². The molecule has 0 spiro atoms. The second-order valence-electron chi connectivity index (χ2n) is 5.86. The van der Waals surface area contributed by atoms with E-state index in [1.54, 1.807) is 25.3 Å². The monoisotopic (exact) mass is 382 g/mol. The van der Waals surface area contributed by atoms with Crippen LogP contribution in [0, 0.1) is 18.3 Å². The van der Waals surface area contributed by atoms with E-state index in [4.69, 9.17) is 0 Å². The van der Waals surface area contributed by atoms with Crippen molar-refractivity contribution in [3.05, 3.63) is 71.7 Å². The van der Waals surface area contributed by atoms with Gasteiger partial charge in [-0.05, 0) is 43.3 Å². The lowest BCUT2D eigenvalue weighted by Gasteiger charge is -2.09. The molecule has 0 unspecified atom stereocenters. The largest absolute Gasteiger partial charge is 0.505 e. The van der Waals surface area contributed by atoms with E-state index in [1.165, 1.54) is 24.4 Å². The molecule has 28 heavy (non-hydrogen) atoms. The van der Waals surface area contributed by atoms with Crippen LogP contribution in [-0.4, -0.2) is 20.8 Å². The van der Waals surface area contributed by atoms with Gasteiger partial charge in [-0.25, -0.2) is 4.99 Å². The lowest BCUT2D eigenvalue weighted by Crippen LogP contribution is -2.04. The van der Waals surface area contributed by atoms with Crippen molar-refractivity contribution in [2.75, 3.05) is 0 Å². The Morgan fingerprint density at radius 1 is 1.11 bits per heavy atom. The number of benzene rings is 1. The van der Waals surface area contributed by atoms with E-state index in [0.29, 0.717) is 11.3 Å². The molecule has 0 saturated carbocycles. The maximum atomic E-state index is 12.9. The van der Waals surface area contributed by atoms with Crippen LogP contribution in [-0.2, 0) is 6.18 Å². The molecule has 8 heteroatoms. The van der Waals surface area contributed by atoms with Gasteiger partial charge in [0, 0.05) is 23.7 Å². The molecule has 1 N–H and O–H groups in total. The van der Waals surface area contributed by atoms with E-state index in [-0.39, 0.29) is 28.4 Å². The van der Waals surface area contributed by atoms with Gasteiger partial charge in [0.05, 0.1) is 16.8 Å². The highest BCUT2D eigenvalue weighted by atomic mass is 19.4. The number of aromatic hydroxyl groups is 1. The van der Waals surface area contributed by atoms with Crippen LogP contribution in [0.3, 0.4) is 0 Å². The third-order valence-electron chi connectivity index (χ3n) is 3.87. The molecule has 0 amide bonds. The molecule has 0 aliphatic carbocycles. The molecule has 0 aliphatic heterocycles. The zero-order valence-electron chi connectivity index (χ0n) is 14.6. The fraction of sp³-hybridized carbons (Fsp3) is 0.100. The van der Waals surface area contributed by atoms with Gasteiger partial charge in [-0.1, -0.05) is 6.07 Å². The minimum absolute atomic E-state index is 0.0520. The Morgan fingerprint density at radius 3 is 2.54 bits per heavy atom. The van der Waals surface area contributed by atoms with Crippen LogP contribution < -0.4 is 0 Å². The molecule has 0 aliphatic rings. The molecule has 5 nitrogen and oxygen atoms in total. The van der Waals surface area contributed by atoms with Crippen LogP contribution >= 0.6 is 0 Å². The number of nitrogens with zero attached hydrogens (tertiary/aromatic N) is 4. The Bertz CT molecular complexity index is 1100. The van der Waals surface area contributed by atoms with Gasteiger partial charge in [0.15, 0.2) is 11.5 Å². The quantitative estimate of drug-likeness (QED) is 0.659. The van der Waals surface area contributed by atoms with Gasteiger partial charge in [0.2, 0.25) is 0 Å². The number of hydrogen-bond donors (Lipinski definition) is 1. The third kappa shape index (κ3) is 3.99. The Labute approximate surface area is 158 Å². The number of halogens is 3. The maximum absolute atomic E-state index is 12.9. The van der Waals surface area contributed by atoms with Crippen molar-refractivity contribution in [3.63, 3.8) is 0 Å². The molecule has 0 fully saturated rings. The van der Waals surface area contributed by atoms with E-state index in [0.717, 1.165) is 12.1 Å². The van der Waals surface area contributed by atoms with Gasteiger partial charge in [-0.3, -0.25) is 9.97 Å². The van der Waals surface area contributed by atoms with E-state index in [1.807, 2.05) is 6.07 Å². The number of aryl methyl sites for hydroxylation is 1. The summed E-state index contributed by atoms with van der Waals surface area (Å²) in [6.07, 6.45) is -1.58. The van der Waals surface area contributed by atoms with Crippen LogP contribution in [0.5, 0.6) is 5.75 Å². The summed E-state index contributed by atoms with van der Waals surface area (Å²) in [6, 6.07) is 10.9. The average molecular weight is 382 g/mol. The van der Waals surface area contributed by atoms with E-state index in [9.17, 15) is 23.5 Å². The summed E-state index contributed by atoms with van der Waals surface area (Å²) < 4.78 is 38.6. The summed E-state index contributed by atoms with van der Waals surface area (Å²) in [5.74, 6) is -0.291. The molecular weight excluding hydrogens is 369 g/mol. The van der Waals surface area contributed by atoms with E-state index >= 15 is 0 Å². The highest BCUT2D eigenvalue weighted by Crippen LogP contribution is 2.33. The minimum Gasteiger partial charge on any atom is -0.505 e. The Morgan fingerprint density at radius 2 is 1.86 bits per heavy atom. The smallest absolute Gasteiger partial charge is 0.416 e. The van der Waals surface area contributed by atoms with E-state index < -0.39 is 11.7 Å². The van der Waals surface area contributed by atoms with Crippen LogP contribution in [0.4, 0.5) is 18.9 Å². The second kappa shape index (κ2) is 7.48. The number of aliphatic imine (C=N–C) groups is 1. The Hall–Kier alpha value is -3.73. The lowest BCUT2D eigenvalue weighted by molar-refractivity contribution is -0.137. The van der Waals surface area contributed by atoms with Gasteiger partial charge in [0.25, 0.3) is 0 Å². The molecule has 0 bridgehead atoms. The maximum Gasteiger partial charge on any atom is 0.416 e. The van der Waals surface area contributed by atoms with E-state index in [2.05, 4.69) is 15.0 Å². The summed E-state index contributed by atoms with van der Waals surface area (Å²) in [5.41, 5.74) is 0.424. The minimum atomic E-state index is -4.52. The second-order valence-corrected chi connectivity index (χ2v) is 5.86. The molecule has 2 heterocycles. The van der Waals surface area contributed by atoms with Crippen LogP contribution in [0.1, 0.15) is 16.8 Å². The fourth-order valence-corrected chi connectivity index (χ4v) is 2.58. The van der Waals surface area contributed by atoms with Gasteiger partial charge in [-0.2, -0.15) is 18.4 Å². The Kier molecular flexibility index (Phi) is 5.09. The molecule has 0 saturated heterocycles. The highest BCUT2D eigenvalue weighted by molar-refractivity contribution is 6.15. The van der Waals surface area contributed by atoms with Crippen LogP contribution in [0.2, 0.25) is 0 Å². The van der Waals surface area contributed by atoms with Gasteiger partial charge in [-0.15, -0.1) is 0 Å². The Balaban J connectivity index is 2.08. The summed E-state index contributed by atoms with van der Waals surface area (Å²) in [5, 5.41) is 20.1. The first kappa shape index (κ1) is 19.0. The third-order valence-corrected chi connectivity index (χ3v) is 3.87. The van der Waals surface area contributed by atoms with Crippen molar-refractivity contribution in [2.24, 2.45) is 4.99 Å². The molecule has 0 radical (unpaired) electrons. The summed E-state index contributed by atoms with van der Waals surface area (Å²) >= 11 is 0. The normalized spacial score (nSPS) is 11.9. The predicted octanol–water partition coefficient (Wildman–Crippen LogP) is 4.82. The summed E-state index contributed by atoms with van der Waals surface area (Å²) in [7, 11) is 0. The standard InChI is InChI=1S/C20H13F3N4O/c1-12-9-13(5-7-25-12)18-19(28)16(6-8-26-18)17(11-24)27-15-4-2-3-14(10-15)20(21,22)23/h2-10,28H,1H3. The van der Waals surface area contributed by atoms with Crippen LogP contribution in [0.25, 0.3) is 11.3 Å². The van der Waals surface area contributed by atoms with Gasteiger partial charge >= 0.3 is 6.18 Å². The first-order valence-electron chi connectivity index (χ1n) is 8.07. The molecule has 3 aromatic rings. The number of nitriles is 1. The van der Waals surface area contributed by atoms with Crippen molar-refractivity contribution < 1.29 is 18.3 Å².